The van der Waals surface area contributed by atoms with Gasteiger partial charge in [0.2, 0.25) is 5.82 Å². The Bertz CT molecular complexity index is 836. The second-order valence-corrected chi connectivity index (χ2v) is 5.85. The monoisotopic (exact) mass is 393 g/mol. The molecular formula is C13H9F5KNO3S. The van der Waals surface area contributed by atoms with Crippen LogP contribution < -0.4 is 60.8 Å². The summed E-state index contributed by atoms with van der Waals surface area (Å²) >= 11 is 0. The molecule has 0 saturated carbocycles. The molecule has 1 N–H and O–H groups in total. The van der Waals surface area contributed by atoms with E-state index in [1.165, 1.54) is 31.4 Å². The van der Waals surface area contributed by atoms with Crippen LogP contribution in [0.25, 0.3) is 0 Å². The average molecular weight is 393 g/mol. The SMILES string of the molecule is COc1ccc(NS(=O)(=O)c2c(F)c(F)c(F)c(F)c2F)cc1.[H-].[K+]. The maximum atomic E-state index is 13.6. The molecule has 11 heteroatoms. The van der Waals surface area contributed by atoms with Crippen LogP contribution >= 0.6 is 0 Å². The molecule has 24 heavy (non-hydrogen) atoms. The van der Waals surface area contributed by atoms with E-state index in [4.69, 9.17) is 4.74 Å². The topological polar surface area (TPSA) is 55.4 Å². The first-order chi connectivity index (χ1) is 10.7. The minimum atomic E-state index is -5.04. The first-order valence-corrected chi connectivity index (χ1v) is 7.35. The summed E-state index contributed by atoms with van der Waals surface area (Å²) in [6.45, 7) is 0. The van der Waals surface area contributed by atoms with Gasteiger partial charge >= 0.3 is 51.4 Å². The van der Waals surface area contributed by atoms with Crippen LogP contribution in [-0.4, -0.2) is 15.5 Å². The van der Waals surface area contributed by atoms with Crippen molar-refractivity contribution in [2.24, 2.45) is 0 Å². The van der Waals surface area contributed by atoms with Crippen molar-refractivity contribution in [2.75, 3.05) is 11.8 Å². The number of rotatable bonds is 4. The summed E-state index contributed by atoms with van der Waals surface area (Å²) in [5.74, 6) is -11.7. The van der Waals surface area contributed by atoms with Crippen molar-refractivity contribution in [3.8, 4) is 5.75 Å². The van der Waals surface area contributed by atoms with Crippen molar-refractivity contribution in [2.45, 2.75) is 4.90 Å². The third kappa shape index (κ3) is 4.08. The van der Waals surface area contributed by atoms with Crippen LogP contribution in [0.5, 0.6) is 5.75 Å². The Labute approximate surface area is 178 Å². The molecule has 0 unspecified atom stereocenters. The van der Waals surface area contributed by atoms with Crippen LogP contribution in [0.3, 0.4) is 0 Å². The fourth-order valence-corrected chi connectivity index (χ4v) is 2.89. The van der Waals surface area contributed by atoms with E-state index in [1.807, 2.05) is 0 Å². The van der Waals surface area contributed by atoms with E-state index >= 15 is 0 Å². The van der Waals surface area contributed by atoms with Gasteiger partial charge in [0.05, 0.1) is 7.11 Å². The van der Waals surface area contributed by atoms with Crippen molar-refractivity contribution in [3.63, 3.8) is 0 Å². The van der Waals surface area contributed by atoms with Gasteiger partial charge in [0.25, 0.3) is 10.0 Å². The summed E-state index contributed by atoms with van der Waals surface area (Å²) in [5.41, 5.74) is -0.158. The van der Waals surface area contributed by atoms with Gasteiger partial charge in [-0.2, -0.15) is 0 Å². The van der Waals surface area contributed by atoms with E-state index in [0.717, 1.165) is 0 Å². The van der Waals surface area contributed by atoms with Crippen molar-refractivity contribution < 1.29 is 87.9 Å². The van der Waals surface area contributed by atoms with Crippen LogP contribution in [0.4, 0.5) is 27.6 Å². The largest absolute Gasteiger partial charge is 1.00 e. The van der Waals surface area contributed by atoms with Gasteiger partial charge in [0.1, 0.15) is 5.75 Å². The summed E-state index contributed by atoms with van der Waals surface area (Å²) in [6, 6.07) is 5.03. The average Bonchev–Trinajstić information content (AvgIpc) is 2.51. The predicted molar refractivity (Wildman–Crippen MR) is 71.1 cm³/mol. The van der Waals surface area contributed by atoms with Gasteiger partial charge < -0.3 is 6.16 Å². The van der Waals surface area contributed by atoms with Gasteiger partial charge in [0, 0.05) is 5.69 Å². The summed E-state index contributed by atoms with van der Waals surface area (Å²) in [5, 5.41) is 0. The standard InChI is InChI=1S/C13H8F5NO3S.K.H/c1-22-7-4-2-6(3-5-7)19-23(20,21)13-11(17)9(15)8(14)10(16)12(13)18;;/h2-5,19H,1H3;;/q;+1;-1. The third-order valence-corrected chi connectivity index (χ3v) is 4.18. The van der Waals surface area contributed by atoms with E-state index in [9.17, 15) is 30.4 Å². The zero-order valence-electron chi connectivity index (χ0n) is 13.3. The van der Waals surface area contributed by atoms with Gasteiger partial charge in [-0.25, -0.2) is 30.4 Å². The molecule has 0 aromatic heterocycles. The fraction of sp³-hybridized carbons (Fsp3) is 0.0769. The van der Waals surface area contributed by atoms with Crippen LogP contribution in [0.2, 0.25) is 0 Å². The van der Waals surface area contributed by atoms with E-state index in [0.29, 0.717) is 5.75 Å². The number of halogens is 5. The summed E-state index contributed by atoms with van der Waals surface area (Å²) in [6.07, 6.45) is 0. The van der Waals surface area contributed by atoms with E-state index in [-0.39, 0.29) is 58.5 Å². The van der Waals surface area contributed by atoms with Gasteiger partial charge in [-0.05, 0) is 24.3 Å². The molecule has 0 heterocycles. The number of sulfonamides is 1. The van der Waals surface area contributed by atoms with Crippen molar-refractivity contribution in [1.29, 1.82) is 0 Å². The quantitative estimate of drug-likeness (QED) is 0.352. The molecule has 2 aromatic rings. The minimum absolute atomic E-state index is 0. The number of nitrogens with one attached hydrogen (secondary N) is 1. The van der Waals surface area contributed by atoms with E-state index < -0.39 is 44.0 Å². The molecule has 0 aliphatic rings. The maximum absolute atomic E-state index is 13.6. The Balaban J connectivity index is 0.00000288. The van der Waals surface area contributed by atoms with Crippen LogP contribution in [0.1, 0.15) is 1.43 Å². The number of ether oxygens (including phenoxy) is 1. The van der Waals surface area contributed by atoms with Gasteiger partial charge in [0.15, 0.2) is 28.2 Å². The molecule has 126 valence electrons. The van der Waals surface area contributed by atoms with Crippen molar-refractivity contribution >= 4 is 15.7 Å². The smallest absolute Gasteiger partial charge is 1.00 e. The molecule has 2 rings (SSSR count). The molecule has 2 aromatic carbocycles. The molecule has 0 aliphatic carbocycles. The number of anilines is 1. The molecule has 0 amide bonds. The van der Waals surface area contributed by atoms with Crippen LogP contribution in [0.15, 0.2) is 29.2 Å². The molecule has 0 fully saturated rings. The Morgan fingerprint density at radius 3 is 1.71 bits per heavy atom. The number of hydrogen-bond acceptors (Lipinski definition) is 3. The minimum Gasteiger partial charge on any atom is -1.00 e. The second-order valence-electron chi connectivity index (χ2n) is 4.23. The molecule has 0 radical (unpaired) electrons. The maximum Gasteiger partial charge on any atom is 1.00 e. The van der Waals surface area contributed by atoms with Crippen LogP contribution in [0, 0.1) is 29.1 Å². The number of methoxy groups -OCH3 is 1. The zero-order chi connectivity index (χ0) is 17.4. The van der Waals surface area contributed by atoms with Crippen molar-refractivity contribution in [1.82, 2.24) is 0 Å². The molecular weight excluding hydrogens is 384 g/mol. The zero-order valence-corrected chi connectivity index (χ0v) is 16.3. The summed E-state index contributed by atoms with van der Waals surface area (Å²) in [7, 11) is -3.69. The van der Waals surface area contributed by atoms with Gasteiger partial charge in [-0.3, -0.25) is 4.72 Å². The Hall–Kier alpha value is -0.724. The summed E-state index contributed by atoms with van der Waals surface area (Å²) < 4.78 is 96.7. The fourth-order valence-electron chi connectivity index (χ4n) is 1.69. The number of benzene rings is 2. The van der Waals surface area contributed by atoms with Crippen LogP contribution in [-0.2, 0) is 10.0 Å². The van der Waals surface area contributed by atoms with Gasteiger partial charge in [-0.1, -0.05) is 0 Å². The first-order valence-electron chi connectivity index (χ1n) is 5.87. The summed E-state index contributed by atoms with van der Waals surface area (Å²) in [4.78, 5) is -1.95. The van der Waals surface area contributed by atoms with E-state index in [1.54, 1.807) is 4.72 Å². The number of hydrogen-bond donors (Lipinski definition) is 1. The molecule has 0 bridgehead atoms. The first kappa shape index (κ1) is 21.3. The van der Waals surface area contributed by atoms with E-state index in [2.05, 4.69) is 0 Å². The Morgan fingerprint density at radius 1 is 0.875 bits per heavy atom. The molecule has 0 atom stereocenters. The van der Waals surface area contributed by atoms with Crippen molar-refractivity contribution in [3.05, 3.63) is 53.4 Å². The third-order valence-electron chi connectivity index (χ3n) is 2.78. The molecule has 0 aliphatic heterocycles. The molecule has 4 nitrogen and oxygen atoms in total. The predicted octanol–water partition coefficient (Wildman–Crippen LogP) is 0.308. The second kappa shape index (κ2) is 8.10. The Morgan fingerprint density at radius 2 is 1.29 bits per heavy atom. The molecule has 0 saturated heterocycles. The van der Waals surface area contributed by atoms with Gasteiger partial charge in [-0.15, -0.1) is 0 Å². The normalized spacial score (nSPS) is 10.9. The molecule has 0 spiro atoms. The Kier molecular flexibility index (Phi) is 7.20.